The smallest absolute Gasteiger partial charge is 0.242 e. The van der Waals surface area contributed by atoms with Crippen LogP contribution in [0.25, 0.3) is 0 Å². The van der Waals surface area contributed by atoms with Gasteiger partial charge in [0.15, 0.2) is 0 Å². The topological polar surface area (TPSA) is 58.2 Å². The first-order chi connectivity index (χ1) is 9.88. The minimum Gasteiger partial charge on any atom is -0.312 e. The van der Waals surface area contributed by atoms with Crippen molar-refractivity contribution < 1.29 is 8.42 Å². The molecular formula is C15H26N2O2S2. The van der Waals surface area contributed by atoms with Gasteiger partial charge in [-0.3, -0.25) is 0 Å². The van der Waals surface area contributed by atoms with E-state index in [4.69, 9.17) is 0 Å². The van der Waals surface area contributed by atoms with Crippen molar-refractivity contribution in [3.05, 3.63) is 15.8 Å². The van der Waals surface area contributed by atoms with E-state index in [1.165, 1.54) is 11.3 Å². The van der Waals surface area contributed by atoms with Gasteiger partial charge in [0.2, 0.25) is 10.0 Å². The van der Waals surface area contributed by atoms with Crippen molar-refractivity contribution in [3.63, 3.8) is 0 Å². The normalized spacial score (nSPS) is 18.2. The molecular weight excluding hydrogens is 304 g/mol. The van der Waals surface area contributed by atoms with Crippen molar-refractivity contribution in [3.8, 4) is 0 Å². The van der Waals surface area contributed by atoms with Crippen LogP contribution in [-0.4, -0.2) is 20.5 Å². The maximum atomic E-state index is 12.8. The van der Waals surface area contributed by atoms with Crippen molar-refractivity contribution in [1.29, 1.82) is 0 Å². The zero-order valence-corrected chi connectivity index (χ0v) is 14.8. The second-order valence-electron chi connectivity index (χ2n) is 6.22. The number of thiophene rings is 1. The molecule has 0 bridgehead atoms. The highest BCUT2D eigenvalue weighted by Gasteiger charge is 2.35. The molecule has 1 heterocycles. The molecule has 1 saturated carbocycles. The summed E-state index contributed by atoms with van der Waals surface area (Å²) in [5.74, 6) is 0. The second kappa shape index (κ2) is 6.77. The van der Waals surface area contributed by atoms with Crippen molar-refractivity contribution in [1.82, 2.24) is 10.0 Å². The van der Waals surface area contributed by atoms with Gasteiger partial charge in [0.05, 0.1) is 0 Å². The van der Waals surface area contributed by atoms with Gasteiger partial charge in [-0.05, 0) is 50.6 Å². The quantitative estimate of drug-likeness (QED) is 0.755. The summed E-state index contributed by atoms with van der Waals surface area (Å²) in [5.41, 5.74) is 0.573. The third-order valence-corrected chi connectivity index (χ3v) is 7.16. The van der Waals surface area contributed by atoms with Crippen molar-refractivity contribution in [2.24, 2.45) is 0 Å². The highest BCUT2D eigenvalue weighted by atomic mass is 32.2. The van der Waals surface area contributed by atoms with Crippen LogP contribution >= 0.6 is 11.3 Å². The molecule has 120 valence electrons. The third-order valence-electron chi connectivity index (χ3n) is 4.06. The van der Waals surface area contributed by atoms with Gasteiger partial charge in [0.25, 0.3) is 0 Å². The van der Waals surface area contributed by atoms with E-state index in [-0.39, 0.29) is 5.54 Å². The lowest BCUT2D eigenvalue weighted by atomic mass is 10.0. The number of rotatable bonds is 7. The average Bonchev–Trinajstić information content (AvgIpc) is 2.96. The van der Waals surface area contributed by atoms with Crippen molar-refractivity contribution in [2.75, 3.05) is 6.54 Å². The molecule has 2 N–H and O–H groups in total. The molecule has 0 atom stereocenters. The Morgan fingerprint density at radius 3 is 2.62 bits per heavy atom. The standard InChI is InChI=1S/C15H26N2O2S2/c1-4-9-16-10-13-14(12(2)11-20-13)21(18,19)17-15(3)7-5-6-8-15/h11,16-17H,4-10H2,1-3H3. The van der Waals surface area contributed by atoms with Gasteiger partial charge in [-0.1, -0.05) is 19.8 Å². The average molecular weight is 331 g/mol. The zero-order chi connectivity index (χ0) is 15.5. The Hall–Kier alpha value is -0.430. The summed E-state index contributed by atoms with van der Waals surface area (Å²) < 4.78 is 28.5. The molecule has 0 amide bonds. The van der Waals surface area contributed by atoms with Crippen LogP contribution in [0.15, 0.2) is 10.3 Å². The zero-order valence-electron chi connectivity index (χ0n) is 13.2. The summed E-state index contributed by atoms with van der Waals surface area (Å²) in [6, 6.07) is 0. The van der Waals surface area contributed by atoms with Gasteiger partial charge in [-0.15, -0.1) is 11.3 Å². The Labute approximate surface area is 132 Å². The van der Waals surface area contributed by atoms with E-state index in [0.717, 1.165) is 49.1 Å². The Morgan fingerprint density at radius 2 is 2.00 bits per heavy atom. The fraction of sp³-hybridized carbons (Fsp3) is 0.733. The maximum absolute atomic E-state index is 12.8. The summed E-state index contributed by atoms with van der Waals surface area (Å²) in [7, 11) is -3.44. The summed E-state index contributed by atoms with van der Waals surface area (Å²) in [6.07, 6.45) is 5.11. The van der Waals surface area contributed by atoms with E-state index < -0.39 is 10.0 Å². The fourth-order valence-electron chi connectivity index (χ4n) is 2.98. The molecule has 0 saturated heterocycles. The highest BCUT2D eigenvalue weighted by molar-refractivity contribution is 7.89. The van der Waals surface area contributed by atoms with E-state index in [1.807, 2.05) is 19.2 Å². The Balaban J connectivity index is 2.20. The van der Waals surface area contributed by atoms with Gasteiger partial charge < -0.3 is 5.32 Å². The third kappa shape index (κ3) is 4.06. The SMILES string of the molecule is CCCNCc1scc(C)c1S(=O)(=O)NC1(C)CCCC1. The Kier molecular flexibility index (Phi) is 5.46. The Bertz CT molecular complexity index is 572. The van der Waals surface area contributed by atoms with E-state index in [1.54, 1.807) is 0 Å². The molecule has 21 heavy (non-hydrogen) atoms. The number of aryl methyl sites for hydroxylation is 1. The molecule has 0 radical (unpaired) electrons. The van der Waals surface area contributed by atoms with Crippen LogP contribution in [0.2, 0.25) is 0 Å². The molecule has 0 aromatic carbocycles. The van der Waals surface area contributed by atoms with Crippen LogP contribution in [-0.2, 0) is 16.6 Å². The molecule has 2 rings (SSSR count). The van der Waals surface area contributed by atoms with E-state index in [0.29, 0.717) is 11.4 Å². The van der Waals surface area contributed by atoms with Crippen LogP contribution in [0.4, 0.5) is 0 Å². The van der Waals surface area contributed by atoms with Crippen LogP contribution in [0.5, 0.6) is 0 Å². The lowest BCUT2D eigenvalue weighted by Crippen LogP contribution is -2.43. The molecule has 0 aliphatic heterocycles. The summed E-state index contributed by atoms with van der Waals surface area (Å²) in [4.78, 5) is 1.40. The first-order valence-electron chi connectivity index (χ1n) is 7.69. The van der Waals surface area contributed by atoms with Gasteiger partial charge >= 0.3 is 0 Å². The summed E-state index contributed by atoms with van der Waals surface area (Å²) in [5, 5.41) is 5.24. The minimum atomic E-state index is -3.44. The second-order valence-corrected chi connectivity index (χ2v) is 8.80. The maximum Gasteiger partial charge on any atom is 0.242 e. The van der Waals surface area contributed by atoms with Crippen molar-refractivity contribution in [2.45, 2.75) is 69.9 Å². The predicted octanol–water partition coefficient (Wildman–Crippen LogP) is 3.17. The monoisotopic (exact) mass is 330 g/mol. The minimum absolute atomic E-state index is 0.276. The van der Waals surface area contributed by atoms with Crippen LogP contribution in [0.1, 0.15) is 56.4 Å². The summed E-state index contributed by atoms with van der Waals surface area (Å²) in [6.45, 7) is 7.54. The van der Waals surface area contributed by atoms with Crippen LogP contribution < -0.4 is 10.0 Å². The number of sulfonamides is 1. The molecule has 1 aromatic rings. The summed E-state index contributed by atoms with van der Waals surface area (Å²) >= 11 is 1.53. The number of nitrogens with one attached hydrogen (secondary N) is 2. The highest BCUT2D eigenvalue weighted by Crippen LogP contribution is 2.33. The predicted molar refractivity (Wildman–Crippen MR) is 88.2 cm³/mol. The first-order valence-corrected chi connectivity index (χ1v) is 10.1. The molecule has 0 unspecified atom stereocenters. The van der Waals surface area contributed by atoms with E-state index >= 15 is 0 Å². The number of hydrogen-bond acceptors (Lipinski definition) is 4. The van der Waals surface area contributed by atoms with Crippen molar-refractivity contribution >= 4 is 21.4 Å². The van der Waals surface area contributed by atoms with E-state index in [2.05, 4.69) is 17.0 Å². The number of hydrogen-bond donors (Lipinski definition) is 2. The molecule has 1 aliphatic carbocycles. The van der Waals surface area contributed by atoms with Crippen LogP contribution in [0, 0.1) is 6.92 Å². The largest absolute Gasteiger partial charge is 0.312 e. The first kappa shape index (κ1) is 16.9. The molecule has 1 aromatic heterocycles. The lowest BCUT2D eigenvalue weighted by molar-refractivity contribution is 0.427. The van der Waals surface area contributed by atoms with Gasteiger partial charge in [-0.2, -0.15) is 0 Å². The molecule has 1 aliphatic rings. The van der Waals surface area contributed by atoms with Gasteiger partial charge in [0, 0.05) is 17.0 Å². The Morgan fingerprint density at radius 1 is 1.33 bits per heavy atom. The van der Waals surface area contributed by atoms with Gasteiger partial charge in [-0.25, -0.2) is 13.1 Å². The molecule has 4 nitrogen and oxygen atoms in total. The molecule has 1 fully saturated rings. The van der Waals surface area contributed by atoms with E-state index in [9.17, 15) is 8.42 Å². The molecule has 6 heteroatoms. The van der Waals surface area contributed by atoms with Gasteiger partial charge in [0.1, 0.15) is 4.90 Å². The van der Waals surface area contributed by atoms with Crippen LogP contribution in [0.3, 0.4) is 0 Å². The molecule has 0 spiro atoms. The fourth-order valence-corrected chi connectivity index (χ4v) is 6.23. The lowest BCUT2D eigenvalue weighted by Gasteiger charge is -2.25.